The monoisotopic (exact) mass is 479 g/mol. The van der Waals surface area contributed by atoms with Gasteiger partial charge in [-0.15, -0.1) is 0 Å². The first kappa shape index (κ1) is 20.5. The average Bonchev–Trinajstić information content (AvgIpc) is 3.28. The summed E-state index contributed by atoms with van der Waals surface area (Å²) in [6.07, 6.45) is 0.445. The predicted octanol–water partition coefficient (Wildman–Crippen LogP) is 1.00. The summed E-state index contributed by atoms with van der Waals surface area (Å²) in [6.45, 7) is 1.13. The minimum absolute atomic E-state index is 0.0256. The molecule has 11 heteroatoms. The second kappa shape index (κ2) is 7.82. The predicted molar refractivity (Wildman–Crippen MR) is 108 cm³/mol. The Morgan fingerprint density at radius 2 is 2.20 bits per heavy atom. The van der Waals surface area contributed by atoms with Gasteiger partial charge in [-0.05, 0) is 35.0 Å². The first-order valence-electron chi connectivity index (χ1n) is 9.14. The van der Waals surface area contributed by atoms with E-state index in [1.807, 2.05) is 0 Å². The lowest BCUT2D eigenvalue weighted by Gasteiger charge is -2.18. The number of rotatable bonds is 4. The standard InChI is InChI=1S/C19H18BrN3O7/c1-8-6-23(19(28)22-17(8)26)16-4-14(15(7-24)29-16)30-18(27)10-5-21-12-3-11(20)13(25)2-9(10)12/h2-3,5-6,10,14-16,24-25H,4,7H2,1H3,(H,22,26,28). The topological polar surface area (TPSA) is 143 Å². The zero-order valence-corrected chi connectivity index (χ0v) is 17.3. The van der Waals surface area contributed by atoms with E-state index >= 15 is 0 Å². The number of phenolic OH excluding ortho intramolecular Hbond substituents is 1. The lowest BCUT2D eigenvalue weighted by molar-refractivity contribution is -0.153. The quantitative estimate of drug-likeness (QED) is 0.554. The highest BCUT2D eigenvalue weighted by atomic mass is 79.9. The van der Waals surface area contributed by atoms with Gasteiger partial charge >= 0.3 is 11.7 Å². The summed E-state index contributed by atoms with van der Waals surface area (Å²) < 4.78 is 12.9. The zero-order valence-electron chi connectivity index (χ0n) is 15.7. The van der Waals surface area contributed by atoms with E-state index in [-0.39, 0.29) is 12.2 Å². The second-order valence-electron chi connectivity index (χ2n) is 7.12. The molecule has 0 bridgehead atoms. The SMILES string of the molecule is Cc1cn(C2CC(OC(=O)C3C=Nc4cc(Br)c(O)cc43)C(CO)O2)c(=O)[nH]c1=O. The number of aliphatic hydroxyl groups excluding tert-OH is 1. The highest BCUT2D eigenvalue weighted by Crippen LogP contribution is 2.40. The average molecular weight is 480 g/mol. The number of carbonyl (C=O) groups is 1. The van der Waals surface area contributed by atoms with Gasteiger partial charge in [0.15, 0.2) is 0 Å². The van der Waals surface area contributed by atoms with Gasteiger partial charge in [-0.25, -0.2) is 4.79 Å². The number of aromatic hydroxyl groups is 1. The first-order chi connectivity index (χ1) is 14.3. The third kappa shape index (κ3) is 3.59. The molecular formula is C19H18BrN3O7. The van der Waals surface area contributed by atoms with Gasteiger partial charge in [0.25, 0.3) is 5.56 Å². The van der Waals surface area contributed by atoms with E-state index in [1.54, 1.807) is 13.0 Å². The molecule has 0 spiro atoms. The number of ether oxygens (including phenoxy) is 2. The molecule has 2 aromatic rings. The molecule has 158 valence electrons. The maximum atomic E-state index is 12.8. The van der Waals surface area contributed by atoms with Gasteiger partial charge in [-0.2, -0.15) is 0 Å². The van der Waals surface area contributed by atoms with Crippen LogP contribution in [0.25, 0.3) is 0 Å². The number of benzene rings is 1. The molecule has 4 rings (SSSR count). The number of phenols is 1. The van der Waals surface area contributed by atoms with Crippen LogP contribution in [0.3, 0.4) is 0 Å². The number of esters is 1. The van der Waals surface area contributed by atoms with Crippen molar-refractivity contribution in [2.24, 2.45) is 4.99 Å². The zero-order chi connectivity index (χ0) is 21.6. The molecule has 4 atom stereocenters. The van der Waals surface area contributed by atoms with Crippen LogP contribution in [0.5, 0.6) is 5.75 Å². The summed E-state index contributed by atoms with van der Waals surface area (Å²) in [4.78, 5) is 42.8. The van der Waals surface area contributed by atoms with E-state index in [0.29, 0.717) is 21.3 Å². The van der Waals surface area contributed by atoms with Gasteiger partial charge in [0.1, 0.15) is 30.1 Å². The maximum Gasteiger partial charge on any atom is 0.330 e. The smallest absolute Gasteiger partial charge is 0.330 e. The van der Waals surface area contributed by atoms with Crippen molar-refractivity contribution in [1.82, 2.24) is 9.55 Å². The van der Waals surface area contributed by atoms with Gasteiger partial charge in [0.05, 0.1) is 16.8 Å². The Hall–Kier alpha value is -2.76. The summed E-state index contributed by atoms with van der Waals surface area (Å²) in [5.41, 5.74) is 0.214. The Labute approximate surface area is 177 Å². The molecule has 0 aliphatic carbocycles. The molecule has 3 N–H and O–H groups in total. The molecular weight excluding hydrogens is 462 g/mol. The molecule has 4 unspecified atom stereocenters. The van der Waals surface area contributed by atoms with Crippen molar-refractivity contribution in [1.29, 1.82) is 0 Å². The van der Waals surface area contributed by atoms with Crippen molar-refractivity contribution in [2.75, 3.05) is 6.61 Å². The number of H-pyrrole nitrogens is 1. The van der Waals surface area contributed by atoms with Crippen LogP contribution in [0.15, 0.2) is 37.4 Å². The van der Waals surface area contributed by atoms with E-state index in [4.69, 9.17) is 9.47 Å². The first-order valence-corrected chi connectivity index (χ1v) is 9.93. The van der Waals surface area contributed by atoms with Crippen LogP contribution in [0.1, 0.15) is 29.7 Å². The Kier molecular flexibility index (Phi) is 5.35. The molecule has 1 aromatic carbocycles. The molecule has 3 heterocycles. The van der Waals surface area contributed by atoms with E-state index in [1.165, 1.54) is 23.0 Å². The van der Waals surface area contributed by atoms with Crippen LogP contribution >= 0.6 is 15.9 Å². The van der Waals surface area contributed by atoms with E-state index < -0.39 is 48.2 Å². The Bertz CT molecular complexity index is 1160. The largest absolute Gasteiger partial charge is 0.507 e. The molecule has 1 fully saturated rings. The fraction of sp³-hybridized carbons (Fsp3) is 0.368. The Morgan fingerprint density at radius 1 is 1.43 bits per heavy atom. The van der Waals surface area contributed by atoms with E-state index in [9.17, 15) is 24.6 Å². The molecule has 30 heavy (non-hydrogen) atoms. The summed E-state index contributed by atoms with van der Waals surface area (Å²) in [6, 6.07) is 3.04. The molecule has 2 aliphatic heterocycles. The minimum atomic E-state index is -0.839. The molecule has 1 saturated heterocycles. The number of hydrogen-bond acceptors (Lipinski definition) is 8. The Morgan fingerprint density at radius 3 is 2.93 bits per heavy atom. The van der Waals surface area contributed by atoms with Crippen LogP contribution in [-0.2, 0) is 14.3 Å². The number of aromatic amines is 1. The van der Waals surface area contributed by atoms with Crippen molar-refractivity contribution in [3.05, 3.63) is 54.8 Å². The van der Waals surface area contributed by atoms with Crippen LogP contribution < -0.4 is 11.2 Å². The summed E-state index contributed by atoms with van der Waals surface area (Å²) >= 11 is 3.20. The van der Waals surface area contributed by atoms with Crippen molar-refractivity contribution < 1.29 is 24.5 Å². The molecule has 0 saturated carbocycles. The fourth-order valence-electron chi connectivity index (χ4n) is 3.53. The Balaban J connectivity index is 1.53. The number of aliphatic imine (C=N–C) groups is 1. The number of nitrogens with one attached hydrogen (secondary N) is 1. The van der Waals surface area contributed by atoms with Gasteiger partial charge in [0.2, 0.25) is 0 Å². The van der Waals surface area contributed by atoms with Crippen molar-refractivity contribution in [2.45, 2.75) is 37.7 Å². The summed E-state index contributed by atoms with van der Waals surface area (Å²) in [5, 5.41) is 19.6. The van der Waals surface area contributed by atoms with Gasteiger partial charge < -0.3 is 19.7 Å². The van der Waals surface area contributed by atoms with Crippen molar-refractivity contribution >= 4 is 33.8 Å². The normalized spacial score (nSPS) is 24.8. The third-order valence-corrected chi connectivity index (χ3v) is 5.77. The number of aliphatic hydroxyl groups is 1. The number of fused-ring (bicyclic) bond motifs is 1. The number of carbonyl (C=O) groups excluding carboxylic acids is 1. The molecule has 0 amide bonds. The lowest BCUT2D eigenvalue weighted by atomic mass is 10.0. The molecule has 2 aliphatic rings. The molecule has 10 nitrogen and oxygen atoms in total. The van der Waals surface area contributed by atoms with E-state index in [2.05, 4.69) is 25.9 Å². The number of aryl methyl sites for hydroxylation is 1. The number of hydrogen-bond donors (Lipinski definition) is 3. The number of nitrogens with zero attached hydrogens (tertiary/aromatic N) is 2. The highest BCUT2D eigenvalue weighted by molar-refractivity contribution is 9.10. The van der Waals surface area contributed by atoms with Gasteiger partial charge in [0, 0.05) is 30.0 Å². The van der Waals surface area contributed by atoms with Crippen molar-refractivity contribution in [3.8, 4) is 5.75 Å². The van der Waals surface area contributed by atoms with Crippen LogP contribution in [-0.4, -0.2) is 50.8 Å². The van der Waals surface area contributed by atoms with Gasteiger partial charge in [-0.1, -0.05) is 0 Å². The third-order valence-electron chi connectivity index (χ3n) is 5.13. The minimum Gasteiger partial charge on any atom is -0.507 e. The molecule has 0 radical (unpaired) electrons. The van der Waals surface area contributed by atoms with Crippen molar-refractivity contribution in [3.63, 3.8) is 0 Å². The highest BCUT2D eigenvalue weighted by Gasteiger charge is 2.41. The lowest BCUT2D eigenvalue weighted by Crippen LogP contribution is -2.33. The van der Waals surface area contributed by atoms with Crippen LogP contribution in [0.4, 0.5) is 5.69 Å². The number of halogens is 1. The van der Waals surface area contributed by atoms with Crippen LogP contribution in [0.2, 0.25) is 0 Å². The number of aromatic nitrogens is 2. The van der Waals surface area contributed by atoms with E-state index in [0.717, 1.165) is 0 Å². The second-order valence-corrected chi connectivity index (χ2v) is 7.97. The molecule has 1 aromatic heterocycles. The maximum absolute atomic E-state index is 12.8. The van der Waals surface area contributed by atoms with Crippen LogP contribution in [0, 0.1) is 6.92 Å². The fourth-order valence-corrected chi connectivity index (χ4v) is 3.86. The summed E-state index contributed by atoms with van der Waals surface area (Å²) in [7, 11) is 0. The summed E-state index contributed by atoms with van der Waals surface area (Å²) in [5.74, 6) is -1.45. The van der Waals surface area contributed by atoms with Gasteiger partial charge in [-0.3, -0.25) is 24.1 Å².